The molecule has 18 heavy (non-hydrogen) atoms. The van der Waals surface area contributed by atoms with Crippen LogP contribution in [0.2, 0.25) is 0 Å². The highest BCUT2D eigenvalue weighted by Gasteiger charge is 2.26. The van der Waals surface area contributed by atoms with E-state index >= 15 is 0 Å². The van der Waals surface area contributed by atoms with Crippen molar-refractivity contribution in [1.29, 1.82) is 0 Å². The average molecular weight is 244 g/mol. The van der Waals surface area contributed by atoms with Crippen LogP contribution in [0.25, 0.3) is 11.0 Å². The van der Waals surface area contributed by atoms with Crippen LogP contribution in [0.1, 0.15) is 25.3 Å². The summed E-state index contributed by atoms with van der Waals surface area (Å²) in [5.41, 5.74) is 8.23. The van der Waals surface area contributed by atoms with E-state index in [0.717, 1.165) is 43.5 Å². The van der Waals surface area contributed by atoms with Gasteiger partial charge in [0.1, 0.15) is 18.2 Å². The maximum Gasteiger partial charge on any atom is 0.141 e. The molecule has 0 aromatic carbocycles. The molecule has 1 aliphatic rings. The Morgan fingerprint density at radius 2 is 2.28 bits per heavy atom. The third kappa shape index (κ3) is 2.23. The maximum absolute atomic E-state index is 6.14. The SMILES string of the molecule is CC1(N)CCN(Cc2c[nH]c3ncn[c]c23)CC1. The number of piperidine rings is 1. The summed E-state index contributed by atoms with van der Waals surface area (Å²) < 4.78 is 0. The molecule has 3 N–H and O–H groups in total. The van der Waals surface area contributed by atoms with Crippen molar-refractivity contribution < 1.29 is 0 Å². The Morgan fingerprint density at radius 3 is 3.06 bits per heavy atom. The van der Waals surface area contributed by atoms with Gasteiger partial charge in [-0.05, 0) is 25.3 Å². The molecule has 0 unspecified atom stereocenters. The van der Waals surface area contributed by atoms with E-state index in [4.69, 9.17) is 5.73 Å². The zero-order chi connectivity index (χ0) is 12.6. The van der Waals surface area contributed by atoms with E-state index in [9.17, 15) is 0 Å². The van der Waals surface area contributed by atoms with E-state index in [-0.39, 0.29) is 5.54 Å². The summed E-state index contributed by atoms with van der Waals surface area (Å²) in [5, 5.41) is 0.999. The number of hydrogen-bond donors (Lipinski definition) is 2. The molecule has 95 valence electrons. The molecular weight excluding hydrogens is 226 g/mol. The Morgan fingerprint density at radius 1 is 1.50 bits per heavy atom. The molecule has 1 fully saturated rings. The van der Waals surface area contributed by atoms with Gasteiger partial charge in [0.05, 0.1) is 5.39 Å². The van der Waals surface area contributed by atoms with Crippen molar-refractivity contribution in [3.8, 4) is 0 Å². The summed E-state index contributed by atoms with van der Waals surface area (Å²) in [6.07, 6.45) is 8.64. The number of aromatic amines is 1. The Bertz CT molecular complexity index is 535. The molecule has 0 atom stereocenters. The van der Waals surface area contributed by atoms with Crippen LogP contribution >= 0.6 is 0 Å². The Hall–Kier alpha value is -1.46. The predicted octanol–water partition coefficient (Wildman–Crippen LogP) is 1.07. The van der Waals surface area contributed by atoms with Gasteiger partial charge in [0, 0.05) is 31.4 Å². The summed E-state index contributed by atoms with van der Waals surface area (Å²) in [6, 6.07) is 0. The lowest BCUT2D eigenvalue weighted by Crippen LogP contribution is -2.47. The van der Waals surface area contributed by atoms with Crippen LogP contribution in [0.5, 0.6) is 0 Å². The van der Waals surface area contributed by atoms with Gasteiger partial charge >= 0.3 is 0 Å². The molecule has 0 aliphatic carbocycles. The molecule has 0 saturated carbocycles. The van der Waals surface area contributed by atoms with Crippen molar-refractivity contribution in [1.82, 2.24) is 19.9 Å². The second-order valence-electron chi connectivity index (χ2n) is 5.45. The zero-order valence-corrected chi connectivity index (χ0v) is 10.6. The van der Waals surface area contributed by atoms with Gasteiger partial charge in [-0.3, -0.25) is 4.90 Å². The van der Waals surface area contributed by atoms with Crippen LogP contribution in [0.3, 0.4) is 0 Å². The van der Waals surface area contributed by atoms with Gasteiger partial charge in [-0.2, -0.15) is 0 Å². The predicted molar refractivity (Wildman–Crippen MR) is 69.8 cm³/mol. The monoisotopic (exact) mass is 244 g/mol. The first kappa shape index (κ1) is 11.6. The standard InChI is InChI=1S/C13H18N5/c1-13(14)2-4-18(5-3-13)8-10-6-16-12-11(10)7-15-9-17-12/h6,9H,2-5,8,14H2,1H3,(H,15,16,17). The lowest BCUT2D eigenvalue weighted by molar-refractivity contribution is 0.165. The summed E-state index contributed by atoms with van der Waals surface area (Å²) in [4.78, 5) is 13.7. The minimum absolute atomic E-state index is 0.00590. The molecule has 0 amide bonds. The largest absolute Gasteiger partial charge is 0.346 e. The van der Waals surface area contributed by atoms with E-state index in [1.807, 2.05) is 6.20 Å². The Kier molecular flexibility index (Phi) is 2.80. The lowest BCUT2D eigenvalue weighted by Gasteiger charge is -2.36. The molecule has 0 spiro atoms. The number of rotatable bonds is 2. The third-order valence-corrected chi connectivity index (χ3v) is 3.75. The van der Waals surface area contributed by atoms with Gasteiger partial charge in [-0.25, -0.2) is 9.97 Å². The second kappa shape index (κ2) is 4.33. The first-order valence-corrected chi connectivity index (χ1v) is 6.34. The Balaban J connectivity index is 1.74. The molecular formula is C13H18N5. The number of aromatic nitrogens is 3. The summed E-state index contributed by atoms with van der Waals surface area (Å²) in [5.74, 6) is 0. The third-order valence-electron chi connectivity index (χ3n) is 3.75. The summed E-state index contributed by atoms with van der Waals surface area (Å²) in [6.45, 7) is 5.15. The topological polar surface area (TPSA) is 70.8 Å². The molecule has 2 aromatic heterocycles. The Labute approximate surface area is 106 Å². The van der Waals surface area contributed by atoms with Gasteiger partial charge in [-0.1, -0.05) is 0 Å². The first-order chi connectivity index (χ1) is 8.64. The van der Waals surface area contributed by atoms with Crippen LogP contribution < -0.4 is 5.73 Å². The van der Waals surface area contributed by atoms with Gasteiger partial charge in [0.15, 0.2) is 0 Å². The molecule has 1 aliphatic heterocycles. The van der Waals surface area contributed by atoms with Crippen LogP contribution in [0.15, 0.2) is 12.5 Å². The number of likely N-dealkylation sites (tertiary alicyclic amines) is 1. The molecule has 2 aromatic rings. The summed E-state index contributed by atoms with van der Waals surface area (Å²) >= 11 is 0. The van der Waals surface area contributed by atoms with E-state index in [1.54, 1.807) is 0 Å². The van der Waals surface area contributed by atoms with Crippen LogP contribution in [-0.2, 0) is 6.54 Å². The smallest absolute Gasteiger partial charge is 0.141 e. The maximum atomic E-state index is 6.14. The normalized spacial score (nSPS) is 20.3. The van der Waals surface area contributed by atoms with Crippen molar-refractivity contribution in [3.63, 3.8) is 0 Å². The fourth-order valence-corrected chi connectivity index (χ4v) is 2.45. The first-order valence-electron chi connectivity index (χ1n) is 6.34. The van der Waals surface area contributed by atoms with Crippen LogP contribution in [0, 0.1) is 6.20 Å². The number of hydrogen-bond acceptors (Lipinski definition) is 4. The zero-order valence-electron chi connectivity index (χ0n) is 10.6. The minimum atomic E-state index is 0.00590. The molecule has 1 radical (unpaired) electrons. The van der Waals surface area contributed by atoms with Crippen LogP contribution in [0.4, 0.5) is 0 Å². The lowest BCUT2D eigenvalue weighted by atomic mass is 9.91. The molecule has 1 saturated heterocycles. The number of fused-ring (bicyclic) bond motifs is 1. The highest BCUT2D eigenvalue weighted by molar-refractivity contribution is 5.77. The van der Waals surface area contributed by atoms with Gasteiger partial charge in [-0.15, -0.1) is 0 Å². The average Bonchev–Trinajstić information content (AvgIpc) is 2.76. The highest BCUT2D eigenvalue weighted by atomic mass is 15.1. The van der Waals surface area contributed by atoms with Crippen molar-refractivity contribution in [2.45, 2.75) is 31.8 Å². The minimum Gasteiger partial charge on any atom is -0.346 e. The van der Waals surface area contributed by atoms with Crippen molar-refractivity contribution in [2.24, 2.45) is 5.73 Å². The second-order valence-corrected chi connectivity index (χ2v) is 5.45. The fourth-order valence-electron chi connectivity index (χ4n) is 2.45. The molecule has 5 nitrogen and oxygen atoms in total. The molecule has 0 bridgehead atoms. The van der Waals surface area contributed by atoms with E-state index in [2.05, 4.69) is 33.0 Å². The van der Waals surface area contributed by atoms with Crippen molar-refractivity contribution in [3.05, 3.63) is 24.3 Å². The van der Waals surface area contributed by atoms with Gasteiger partial charge < -0.3 is 10.7 Å². The number of nitrogens with two attached hydrogens (primary N) is 1. The van der Waals surface area contributed by atoms with Crippen molar-refractivity contribution >= 4 is 11.0 Å². The van der Waals surface area contributed by atoms with Crippen LogP contribution in [-0.4, -0.2) is 38.5 Å². The quantitative estimate of drug-likeness (QED) is 0.829. The molecule has 3 heterocycles. The molecule has 5 heteroatoms. The number of nitrogens with one attached hydrogen (secondary N) is 1. The number of nitrogens with zero attached hydrogens (tertiary/aromatic N) is 3. The van der Waals surface area contributed by atoms with Gasteiger partial charge in [0.25, 0.3) is 0 Å². The van der Waals surface area contributed by atoms with Gasteiger partial charge in [0.2, 0.25) is 0 Å². The molecule has 3 rings (SSSR count). The fraction of sp³-hybridized carbons (Fsp3) is 0.538. The number of H-pyrrole nitrogens is 1. The highest BCUT2D eigenvalue weighted by Crippen LogP contribution is 2.22. The summed E-state index contributed by atoms with van der Waals surface area (Å²) in [7, 11) is 0. The van der Waals surface area contributed by atoms with Crippen molar-refractivity contribution in [2.75, 3.05) is 13.1 Å². The van der Waals surface area contributed by atoms with E-state index in [1.165, 1.54) is 11.9 Å². The van der Waals surface area contributed by atoms with E-state index in [0.29, 0.717) is 0 Å². The van der Waals surface area contributed by atoms with E-state index < -0.39 is 0 Å².